The molecule has 0 atom stereocenters. The van der Waals surface area contributed by atoms with Crippen molar-refractivity contribution in [2.24, 2.45) is 5.73 Å². The molecule has 0 spiro atoms. The second-order valence-electron chi connectivity index (χ2n) is 4.69. The molecule has 90 valence electrons. The number of benzene rings is 1. The van der Waals surface area contributed by atoms with Gasteiger partial charge in [0.2, 0.25) is 0 Å². The summed E-state index contributed by atoms with van der Waals surface area (Å²) >= 11 is 0. The molecule has 0 aliphatic heterocycles. The van der Waals surface area contributed by atoms with E-state index in [1.807, 2.05) is 6.07 Å². The van der Waals surface area contributed by atoms with Crippen molar-refractivity contribution in [2.75, 3.05) is 0 Å². The van der Waals surface area contributed by atoms with Crippen LogP contribution in [0.5, 0.6) is 0 Å². The van der Waals surface area contributed by atoms with Gasteiger partial charge in [-0.15, -0.1) is 0 Å². The van der Waals surface area contributed by atoms with Crippen LogP contribution >= 0.6 is 0 Å². The van der Waals surface area contributed by atoms with Crippen LogP contribution in [0.15, 0.2) is 18.2 Å². The molecule has 0 amide bonds. The molecule has 3 nitrogen and oxygen atoms in total. The molecule has 0 saturated heterocycles. The Kier molecular flexibility index (Phi) is 3.14. The summed E-state index contributed by atoms with van der Waals surface area (Å²) in [4.78, 5) is 0. The monoisotopic (exact) mass is 234 g/mol. The normalized spacial score (nSPS) is 28.7. The third kappa shape index (κ3) is 2.31. The molecule has 1 aromatic carbocycles. The van der Waals surface area contributed by atoms with Crippen molar-refractivity contribution >= 4 is 0 Å². The maximum Gasteiger partial charge on any atom is 0.140 e. The SMILES string of the molecule is N#Cc1cc(C2(N)CCC(O)CC2)ccc1F. The van der Waals surface area contributed by atoms with Crippen LogP contribution in [0.2, 0.25) is 0 Å². The van der Waals surface area contributed by atoms with Gasteiger partial charge in [-0.05, 0) is 43.4 Å². The van der Waals surface area contributed by atoms with Crippen LogP contribution < -0.4 is 5.73 Å². The van der Waals surface area contributed by atoms with Gasteiger partial charge in [0, 0.05) is 5.54 Å². The number of hydrogen-bond donors (Lipinski definition) is 2. The van der Waals surface area contributed by atoms with E-state index in [0.29, 0.717) is 25.7 Å². The molecule has 3 N–H and O–H groups in total. The molecule has 0 unspecified atom stereocenters. The summed E-state index contributed by atoms with van der Waals surface area (Å²) in [6, 6.07) is 6.26. The highest BCUT2D eigenvalue weighted by Gasteiger charge is 2.32. The minimum atomic E-state index is -0.543. The van der Waals surface area contributed by atoms with Crippen LogP contribution in [0.4, 0.5) is 4.39 Å². The fourth-order valence-electron chi connectivity index (χ4n) is 2.33. The zero-order valence-electron chi connectivity index (χ0n) is 9.49. The molecular formula is C13H15FN2O. The standard InChI is InChI=1S/C13H15FN2O/c14-12-2-1-10(7-9(12)8-15)13(16)5-3-11(17)4-6-13/h1-2,7,11,17H,3-6,16H2. The summed E-state index contributed by atoms with van der Waals surface area (Å²) < 4.78 is 13.2. The zero-order chi connectivity index (χ0) is 12.5. The lowest BCUT2D eigenvalue weighted by Gasteiger charge is -2.36. The third-order valence-corrected chi connectivity index (χ3v) is 3.51. The molecule has 1 aliphatic rings. The van der Waals surface area contributed by atoms with Crippen molar-refractivity contribution < 1.29 is 9.50 Å². The number of hydrogen-bond acceptors (Lipinski definition) is 3. The average molecular weight is 234 g/mol. The van der Waals surface area contributed by atoms with E-state index in [4.69, 9.17) is 11.0 Å². The predicted molar refractivity (Wildman–Crippen MR) is 61.5 cm³/mol. The Labute approximate surface area is 99.7 Å². The van der Waals surface area contributed by atoms with Gasteiger partial charge in [-0.2, -0.15) is 5.26 Å². The Bertz CT molecular complexity index is 459. The van der Waals surface area contributed by atoms with E-state index in [9.17, 15) is 9.50 Å². The molecule has 1 aromatic rings. The minimum Gasteiger partial charge on any atom is -0.393 e. The molecule has 17 heavy (non-hydrogen) atoms. The molecule has 1 saturated carbocycles. The first-order valence-corrected chi connectivity index (χ1v) is 5.72. The fraction of sp³-hybridized carbons (Fsp3) is 0.462. The Morgan fingerprint density at radius 2 is 2.06 bits per heavy atom. The second kappa shape index (κ2) is 4.44. The fourth-order valence-corrected chi connectivity index (χ4v) is 2.33. The summed E-state index contributed by atoms with van der Waals surface area (Å²) in [5, 5.41) is 18.3. The summed E-state index contributed by atoms with van der Waals surface area (Å²) in [6.07, 6.45) is 2.32. The van der Waals surface area contributed by atoms with Crippen molar-refractivity contribution in [1.29, 1.82) is 5.26 Å². The number of nitrogens with two attached hydrogens (primary N) is 1. The first-order chi connectivity index (χ1) is 8.05. The van der Waals surface area contributed by atoms with Crippen molar-refractivity contribution in [2.45, 2.75) is 37.3 Å². The first kappa shape index (κ1) is 12.0. The molecule has 0 heterocycles. The topological polar surface area (TPSA) is 70.0 Å². The Morgan fingerprint density at radius 3 is 2.65 bits per heavy atom. The summed E-state index contributed by atoms with van der Waals surface area (Å²) in [6.45, 7) is 0. The number of aliphatic hydroxyl groups is 1. The highest BCUT2D eigenvalue weighted by Crippen LogP contribution is 2.35. The van der Waals surface area contributed by atoms with Gasteiger partial charge in [-0.25, -0.2) is 4.39 Å². The van der Waals surface area contributed by atoms with E-state index in [1.165, 1.54) is 12.1 Å². The molecule has 0 bridgehead atoms. The highest BCUT2D eigenvalue weighted by atomic mass is 19.1. The van der Waals surface area contributed by atoms with E-state index >= 15 is 0 Å². The van der Waals surface area contributed by atoms with E-state index in [1.54, 1.807) is 6.07 Å². The number of aliphatic hydroxyl groups excluding tert-OH is 1. The Morgan fingerprint density at radius 1 is 1.41 bits per heavy atom. The molecule has 1 fully saturated rings. The van der Waals surface area contributed by atoms with E-state index in [-0.39, 0.29) is 11.7 Å². The number of nitrogens with zero attached hydrogens (tertiary/aromatic N) is 1. The molecule has 4 heteroatoms. The second-order valence-corrected chi connectivity index (χ2v) is 4.69. The van der Waals surface area contributed by atoms with Crippen LogP contribution in [0.1, 0.15) is 36.8 Å². The van der Waals surface area contributed by atoms with Crippen molar-refractivity contribution in [3.05, 3.63) is 35.1 Å². The molecule has 2 rings (SSSR count). The van der Waals surface area contributed by atoms with Gasteiger partial charge in [-0.1, -0.05) is 6.07 Å². The molecule has 1 aliphatic carbocycles. The Hall–Kier alpha value is -1.44. The smallest absolute Gasteiger partial charge is 0.140 e. The molecule has 0 radical (unpaired) electrons. The maximum absolute atomic E-state index is 13.2. The van der Waals surface area contributed by atoms with Gasteiger partial charge in [0.05, 0.1) is 11.7 Å². The van der Waals surface area contributed by atoms with Crippen LogP contribution in [0.25, 0.3) is 0 Å². The largest absolute Gasteiger partial charge is 0.393 e. The van der Waals surface area contributed by atoms with Crippen LogP contribution in [-0.2, 0) is 5.54 Å². The van der Waals surface area contributed by atoms with E-state index in [0.717, 1.165) is 5.56 Å². The predicted octanol–water partition coefficient (Wildman–Crippen LogP) is 1.79. The summed E-state index contributed by atoms with van der Waals surface area (Å²) in [5.74, 6) is -0.518. The van der Waals surface area contributed by atoms with Crippen molar-refractivity contribution in [3.8, 4) is 6.07 Å². The average Bonchev–Trinajstić information content (AvgIpc) is 2.34. The number of halogens is 1. The van der Waals surface area contributed by atoms with Gasteiger partial charge < -0.3 is 10.8 Å². The first-order valence-electron chi connectivity index (χ1n) is 5.72. The van der Waals surface area contributed by atoms with Gasteiger partial charge in [0.1, 0.15) is 11.9 Å². The maximum atomic E-state index is 13.2. The quantitative estimate of drug-likeness (QED) is 0.778. The third-order valence-electron chi connectivity index (χ3n) is 3.51. The molecule has 0 aromatic heterocycles. The van der Waals surface area contributed by atoms with Crippen LogP contribution in [0, 0.1) is 17.1 Å². The number of nitriles is 1. The van der Waals surface area contributed by atoms with Crippen molar-refractivity contribution in [3.63, 3.8) is 0 Å². The number of rotatable bonds is 1. The summed E-state index contributed by atoms with van der Waals surface area (Å²) in [5.41, 5.74) is 6.54. The lowest BCUT2D eigenvalue weighted by molar-refractivity contribution is 0.0969. The highest BCUT2D eigenvalue weighted by molar-refractivity contribution is 5.37. The van der Waals surface area contributed by atoms with E-state index in [2.05, 4.69) is 0 Å². The molecular weight excluding hydrogens is 219 g/mol. The van der Waals surface area contributed by atoms with Gasteiger partial charge in [0.15, 0.2) is 0 Å². The van der Waals surface area contributed by atoms with Gasteiger partial charge in [-0.3, -0.25) is 0 Å². The van der Waals surface area contributed by atoms with Crippen molar-refractivity contribution in [1.82, 2.24) is 0 Å². The van der Waals surface area contributed by atoms with Gasteiger partial charge >= 0.3 is 0 Å². The lowest BCUT2D eigenvalue weighted by atomic mass is 9.76. The van der Waals surface area contributed by atoms with Crippen LogP contribution in [-0.4, -0.2) is 11.2 Å². The lowest BCUT2D eigenvalue weighted by Crippen LogP contribution is -2.41. The minimum absolute atomic E-state index is 0.0263. The van der Waals surface area contributed by atoms with Crippen LogP contribution in [0.3, 0.4) is 0 Å². The van der Waals surface area contributed by atoms with Gasteiger partial charge in [0.25, 0.3) is 0 Å². The zero-order valence-corrected chi connectivity index (χ0v) is 9.49. The summed E-state index contributed by atoms with van der Waals surface area (Å²) in [7, 11) is 0. The Balaban J connectivity index is 2.31. The van der Waals surface area contributed by atoms with E-state index < -0.39 is 11.4 Å².